The van der Waals surface area contributed by atoms with Crippen LogP contribution in [0.3, 0.4) is 0 Å². The minimum Gasteiger partial charge on any atom is -0.501 e. The van der Waals surface area contributed by atoms with E-state index in [2.05, 4.69) is 18.3 Å². The second kappa shape index (κ2) is 8.21. The Bertz CT molecular complexity index is 1040. The second-order valence-electron chi connectivity index (χ2n) is 6.36. The molecule has 1 aromatic carbocycles. The molecule has 27 heavy (non-hydrogen) atoms. The number of hydrogen-bond donors (Lipinski definition) is 2. The molecule has 0 aliphatic carbocycles. The van der Waals surface area contributed by atoms with Gasteiger partial charge in [0.25, 0.3) is 5.70 Å². The predicted octanol–water partition coefficient (Wildman–Crippen LogP) is 5.94. The van der Waals surface area contributed by atoms with E-state index in [9.17, 15) is 5.11 Å². The van der Waals surface area contributed by atoms with Gasteiger partial charge in [-0.2, -0.15) is 4.57 Å². The highest BCUT2D eigenvalue weighted by atomic mass is 35.5. The Morgan fingerprint density at radius 3 is 2.52 bits per heavy atom. The number of benzene rings is 1. The van der Waals surface area contributed by atoms with Crippen LogP contribution in [0.2, 0.25) is 4.34 Å². The lowest BCUT2D eigenvalue weighted by atomic mass is 10.1. The van der Waals surface area contributed by atoms with Gasteiger partial charge in [-0.25, -0.2) is 0 Å². The fraction of sp³-hybridized carbons (Fsp3) is 0.143. The van der Waals surface area contributed by atoms with Crippen molar-refractivity contribution < 1.29 is 9.67 Å². The fourth-order valence-corrected chi connectivity index (χ4v) is 4.07. The third-order valence-corrected chi connectivity index (χ3v) is 5.62. The summed E-state index contributed by atoms with van der Waals surface area (Å²) in [6.45, 7) is 6.07. The zero-order valence-corrected chi connectivity index (χ0v) is 17.7. The van der Waals surface area contributed by atoms with Crippen molar-refractivity contribution in [3.8, 4) is 0 Å². The molecule has 0 aliphatic rings. The first-order valence-corrected chi connectivity index (χ1v) is 10.0. The van der Waals surface area contributed by atoms with E-state index < -0.39 is 0 Å². The summed E-state index contributed by atoms with van der Waals surface area (Å²) in [6, 6.07) is 13.6. The number of rotatable bonds is 4. The minimum absolute atomic E-state index is 0.0877. The molecule has 3 nitrogen and oxygen atoms in total. The molecule has 0 unspecified atom stereocenters. The van der Waals surface area contributed by atoms with Gasteiger partial charge in [0.1, 0.15) is 0 Å². The number of pyridine rings is 1. The van der Waals surface area contributed by atoms with Crippen LogP contribution in [0.25, 0.3) is 11.5 Å². The van der Waals surface area contributed by atoms with Gasteiger partial charge in [0.05, 0.1) is 9.21 Å². The third-order valence-electron chi connectivity index (χ3n) is 4.08. The molecule has 0 spiro atoms. The molecule has 0 atom stereocenters. The molecule has 6 heteroatoms. The van der Waals surface area contributed by atoms with Crippen LogP contribution >= 0.6 is 35.2 Å². The summed E-state index contributed by atoms with van der Waals surface area (Å²) in [7, 11) is 0. The van der Waals surface area contributed by atoms with Gasteiger partial charge in [-0.1, -0.05) is 41.5 Å². The summed E-state index contributed by atoms with van der Waals surface area (Å²) in [5.41, 5.74) is 4.75. The van der Waals surface area contributed by atoms with Crippen molar-refractivity contribution in [1.29, 1.82) is 0 Å². The van der Waals surface area contributed by atoms with E-state index in [4.69, 9.17) is 23.8 Å². The van der Waals surface area contributed by atoms with Gasteiger partial charge in [-0.15, -0.1) is 11.3 Å². The molecular formula is C21H20ClN2OS2+. The van der Waals surface area contributed by atoms with Gasteiger partial charge in [0.2, 0.25) is 5.76 Å². The number of thiocarbonyl (C=S) groups is 1. The molecule has 0 saturated heterocycles. The standard InChI is InChI=1S/C21H19ClN2OS2/c1-13-6-7-16(15(3)11-13)23-21(26)19(24-10-4-5-14(2)12-24)20(25)17-8-9-18(22)27-17/h4-12H,1-3H3,(H-,23,25,26)/p+1. The summed E-state index contributed by atoms with van der Waals surface area (Å²) in [5, 5.41) is 14.3. The largest absolute Gasteiger partial charge is 0.501 e. The highest BCUT2D eigenvalue weighted by Crippen LogP contribution is 2.29. The van der Waals surface area contributed by atoms with Crippen LogP contribution in [0, 0.1) is 20.8 Å². The van der Waals surface area contributed by atoms with E-state index >= 15 is 0 Å². The molecule has 0 amide bonds. The topological polar surface area (TPSA) is 36.1 Å². The van der Waals surface area contributed by atoms with Crippen molar-refractivity contribution in [3.05, 3.63) is 80.8 Å². The fourth-order valence-electron chi connectivity index (χ4n) is 2.77. The maximum Gasteiger partial charge on any atom is 0.289 e. The average molecular weight is 416 g/mol. The van der Waals surface area contributed by atoms with Gasteiger partial charge in [-0.05, 0) is 50.6 Å². The van der Waals surface area contributed by atoms with E-state index in [1.165, 1.54) is 16.9 Å². The maximum absolute atomic E-state index is 11.0. The normalized spacial score (nSPS) is 11.9. The van der Waals surface area contributed by atoms with Crippen molar-refractivity contribution >= 4 is 57.3 Å². The first-order valence-electron chi connectivity index (χ1n) is 8.41. The Hall–Kier alpha value is -2.21. The van der Waals surface area contributed by atoms with Crippen molar-refractivity contribution in [2.24, 2.45) is 0 Å². The van der Waals surface area contributed by atoms with Crippen LogP contribution in [-0.2, 0) is 0 Å². The molecule has 2 aromatic heterocycles. The Balaban J connectivity index is 2.08. The summed E-state index contributed by atoms with van der Waals surface area (Å²) in [6.07, 6.45) is 3.79. The van der Waals surface area contributed by atoms with Gasteiger partial charge in [0, 0.05) is 17.3 Å². The van der Waals surface area contributed by atoms with Gasteiger partial charge >= 0.3 is 0 Å². The Morgan fingerprint density at radius 1 is 1.11 bits per heavy atom. The van der Waals surface area contributed by atoms with Crippen molar-refractivity contribution in [1.82, 2.24) is 0 Å². The Labute approximate surface area is 173 Å². The van der Waals surface area contributed by atoms with Crippen molar-refractivity contribution in [2.45, 2.75) is 20.8 Å². The molecule has 3 aromatic rings. The van der Waals surface area contributed by atoms with Crippen LogP contribution < -0.4 is 9.88 Å². The molecule has 2 N–H and O–H groups in total. The van der Waals surface area contributed by atoms with Crippen molar-refractivity contribution in [3.63, 3.8) is 0 Å². The van der Waals surface area contributed by atoms with Crippen molar-refractivity contribution in [2.75, 3.05) is 5.32 Å². The predicted molar refractivity (Wildman–Crippen MR) is 119 cm³/mol. The molecule has 0 radical (unpaired) electrons. The molecule has 0 bridgehead atoms. The summed E-state index contributed by atoms with van der Waals surface area (Å²) < 4.78 is 2.44. The lowest BCUT2D eigenvalue weighted by molar-refractivity contribution is -0.576. The molecule has 0 aliphatic heterocycles. The van der Waals surface area contributed by atoms with Crippen LogP contribution in [0.5, 0.6) is 0 Å². The number of aromatic nitrogens is 1. The minimum atomic E-state index is 0.0877. The van der Waals surface area contributed by atoms with E-state index in [0.29, 0.717) is 19.9 Å². The quantitative estimate of drug-likeness (QED) is 0.239. The van der Waals surface area contributed by atoms with Crippen LogP contribution in [0.1, 0.15) is 21.6 Å². The van der Waals surface area contributed by atoms with Crippen LogP contribution in [-0.4, -0.2) is 10.1 Å². The first kappa shape index (κ1) is 19.5. The zero-order chi connectivity index (χ0) is 19.6. The van der Waals surface area contributed by atoms with E-state index in [1.807, 2.05) is 55.1 Å². The number of aliphatic hydroxyl groups excluding tert-OH is 1. The number of nitrogens with one attached hydrogen (secondary N) is 1. The summed E-state index contributed by atoms with van der Waals surface area (Å²) >= 11 is 13.0. The Morgan fingerprint density at radius 2 is 1.89 bits per heavy atom. The van der Waals surface area contributed by atoms with Gasteiger partial charge in [-0.3, -0.25) is 0 Å². The number of nitrogens with zero attached hydrogens (tertiary/aromatic N) is 1. The maximum atomic E-state index is 11.0. The van der Waals surface area contributed by atoms with Gasteiger partial charge in [0.15, 0.2) is 17.4 Å². The molecule has 0 fully saturated rings. The molecule has 3 rings (SSSR count). The number of anilines is 1. The average Bonchev–Trinajstić information content (AvgIpc) is 3.04. The molecule has 2 heterocycles. The number of halogens is 1. The number of hydrogen-bond acceptors (Lipinski definition) is 3. The summed E-state index contributed by atoms with van der Waals surface area (Å²) in [4.78, 5) is 1.09. The lowest BCUT2D eigenvalue weighted by Crippen LogP contribution is -2.38. The lowest BCUT2D eigenvalue weighted by Gasteiger charge is -2.12. The van der Waals surface area contributed by atoms with E-state index in [-0.39, 0.29) is 5.76 Å². The van der Waals surface area contributed by atoms with Crippen LogP contribution in [0.15, 0.2) is 54.9 Å². The highest BCUT2D eigenvalue weighted by Gasteiger charge is 2.25. The first-order chi connectivity index (χ1) is 12.8. The third kappa shape index (κ3) is 4.56. The van der Waals surface area contributed by atoms with E-state index in [0.717, 1.165) is 16.8 Å². The number of aliphatic hydroxyl groups is 1. The van der Waals surface area contributed by atoms with Crippen LogP contribution in [0.4, 0.5) is 5.69 Å². The monoisotopic (exact) mass is 415 g/mol. The highest BCUT2D eigenvalue weighted by molar-refractivity contribution is 7.81. The number of thiophene rings is 1. The summed E-state index contributed by atoms with van der Waals surface area (Å²) in [5.74, 6) is 0.0877. The van der Waals surface area contributed by atoms with E-state index in [1.54, 1.807) is 12.1 Å². The molecule has 138 valence electrons. The van der Waals surface area contributed by atoms with Gasteiger partial charge < -0.3 is 10.4 Å². The molecular weight excluding hydrogens is 396 g/mol. The zero-order valence-electron chi connectivity index (χ0n) is 15.3. The SMILES string of the molecule is Cc1ccc(NC(=S)C(=C(O)c2ccc(Cl)s2)[n+]2cccc(C)c2)c(C)c1. The second-order valence-corrected chi connectivity index (χ2v) is 8.49. The molecule has 0 saturated carbocycles. The number of aryl methyl sites for hydroxylation is 3. The Kier molecular flexibility index (Phi) is 5.95. The smallest absolute Gasteiger partial charge is 0.289 e.